The summed E-state index contributed by atoms with van der Waals surface area (Å²) < 4.78 is 5.37. The van der Waals surface area contributed by atoms with E-state index in [1.54, 1.807) is 24.3 Å². The van der Waals surface area contributed by atoms with E-state index in [2.05, 4.69) is 5.32 Å². The summed E-state index contributed by atoms with van der Waals surface area (Å²) in [6, 6.07) is 12.0. The molecule has 0 unspecified atom stereocenters. The van der Waals surface area contributed by atoms with Crippen molar-refractivity contribution in [1.29, 1.82) is 0 Å². The summed E-state index contributed by atoms with van der Waals surface area (Å²) in [6.45, 7) is 1.91. The van der Waals surface area contributed by atoms with Crippen LogP contribution in [0.3, 0.4) is 0 Å². The maximum absolute atomic E-state index is 9.59. The van der Waals surface area contributed by atoms with Crippen LogP contribution in [-0.2, 0) is 0 Å². The fourth-order valence-corrected chi connectivity index (χ4v) is 1.97. The van der Waals surface area contributed by atoms with Crippen LogP contribution in [0.2, 0.25) is 5.02 Å². The molecule has 0 aliphatic heterocycles. The van der Waals surface area contributed by atoms with Gasteiger partial charge in [0.2, 0.25) is 0 Å². The summed E-state index contributed by atoms with van der Waals surface area (Å²) in [6.07, 6.45) is 0. The Morgan fingerprint density at radius 3 is 2.68 bits per heavy atom. The smallest absolute Gasteiger partial charge is 0.266 e. The van der Waals surface area contributed by atoms with Crippen molar-refractivity contribution in [1.82, 2.24) is 0 Å². The quantitative estimate of drug-likeness (QED) is 0.817. The van der Waals surface area contributed by atoms with Crippen LogP contribution in [0, 0.1) is 6.92 Å². The molecule has 0 heterocycles. The standard InChI is InChI=1S/C14H12ClNO2S/c1-9-8-10(15)6-7-11(9)16-14(19)18-13-5-3-2-4-12(13)17/h2-8,17H,1H3,(H,16,19). The van der Waals surface area contributed by atoms with Gasteiger partial charge in [0.1, 0.15) is 0 Å². The van der Waals surface area contributed by atoms with Crippen molar-refractivity contribution in [2.75, 3.05) is 5.32 Å². The molecule has 2 N–H and O–H groups in total. The number of hydrogen-bond acceptors (Lipinski definition) is 3. The Labute approximate surface area is 121 Å². The van der Waals surface area contributed by atoms with Crippen molar-refractivity contribution >= 4 is 34.7 Å². The van der Waals surface area contributed by atoms with E-state index in [0.29, 0.717) is 10.8 Å². The minimum absolute atomic E-state index is 0.0412. The highest BCUT2D eigenvalue weighted by molar-refractivity contribution is 7.80. The van der Waals surface area contributed by atoms with Crippen molar-refractivity contribution < 1.29 is 9.84 Å². The second kappa shape index (κ2) is 5.91. The molecule has 98 valence electrons. The maximum atomic E-state index is 9.59. The number of halogens is 1. The monoisotopic (exact) mass is 293 g/mol. The van der Waals surface area contributed by atoms with Crippen LogP contribution in [0.25, 0.3) is 0 Å². The molecular formula is C14H12ClNO2S. The van der Waals surface area contributed by atoms with Crippen molar-refractivity contribution in [2.45, 2.75) is 6.92 Å². The summed E-state index contributed by atoms with van der Waals surface area (Å²) >= 11 is 11.0. The SMILES string of the molecule is Cc1cc(Cl)ccc1NC(=S)Oc1ccccc1O. The predicted octanol–water partition coefficient (Wildman–Crippen LogP) is 4.13. The number of aryl methyl sites for hydroxylation is 1. The third kappa shape index (κ3) is 3.59. The molecule has 0 atom stereocenters. The molecule has 2 aromatic carbocycles. The number of para-hydroxylation sites is 2. The van der Waals surface area contributed by atoms with Gasteiger partial charge in [-0.05, 0) is 55.0 Å². The number of hydrogen-bond donors (Lipinski definition) is 2. The fourth-order valence-electron chi connectivity index (χ4n) is 1.55. The molecule has 2 aromatic rings. The Morgan fingerprint density at radius 2 is 2.00 bits per heavy atom. The molecule has 0 spiro atoms. The zero-order valence-electron chi connectivity index (χ0n) is 10.2. The van der Waals surface area contributed by atoms with Crippen LogP contribution in [0.4, 0.5) is 5.69 Å². The summed E-state index contributed by atoms with van der Waals surface area (Å²) in [4.78, 5) is 0. The highest BCUT2D eigenvalue weighted by atomic mass is 35.5. The number of nitrogens with one attached hydrogen (secondary N) is 1. The van der Waals surface area contributed by atoms with E-state index in [0.717, 1.165) is 11.3 Å². The number of anilines is 1. The second-order valence-electron chi connectivity index (χ2n) is 3.94. The number of benzene rings is 2. The molecule has 0 aromatic heterocycles. The second-order valence-corrected chi connectivity index (χ2v) is 4.75. The highest BCUT2D eigenvalue weighted by Gasteiger charge is 2.06. The van der Waals surface area contributed by atoms with Gasteiger partial charge in [0.25, 0.3) is 5.17 Å². The van der Waals surface area contributed by atoms with Gasteiger partial charge in [-0.3, -0.25) is 0 Å². The molecule has 5 heteroatoms. The fraction of sp³-hybridized carbons (Fsp3) is 0.0714. The minimum atomic E-state index is 0.0412. The number of phenolic OH excluding ortho intramolecular Hbond substituents is 1. The lowest BCUT2D eigenvalue weighted by Gasteiger charge is -2.12. The van der Waals surface area contributed by atoms with Gasteiger partial charge in [0, 0.05) is 10.7 Å². The van der Waals surface area contributed by atoms with Crippen LogP contribution in [0.1, 0.15) is 5.56 Å². The Morgan fingerprint density at radius 1 is 1.26 bits per heavy atom. The van der Waals surface area contributed by atoms with Crippen LogP contribution < -0.4 is 10.1 Å². The average molecular weight is 294 g/mol. The largest absolute Gasteiger partial charge is 0.504 e. The molecule has 19 heavy (non-hydrogen) atoms. The Balaban J connectivity index is 2.08. The van der Waals surface area contributed by atoms with Crippen molar-refractivity contribution in [2.24, 2.45) is 0 Å². The first-order valence-electron chi connectivity index (χ1n) is 5.59. The third-order valence-electron chi connectivity index (χ3n) is 2.49. The molecule has 0 saturated carbocycles. The van der Waals surface area contributed by atoms with Crippen molar-refractivity contribution in [3.63, 3.8) is 0 Å². The van der Waals surface area contributed by atoms with Crippen LogP contribution >= 0.6 is 23.8 Å². The van der Waals surface area contributed by atoms with E-state index >= 15 is 0 Å². The van der Waals surface area contributed by atoms with E-state index in [1.165, 1.54) is 6.07 Å². The van der Waals surface area contributed by atoms with Gasteiger partial charge in [-0.25, -0.2) is 0 Å². The van der Waals surface area contributed by atoms with Crippen molar-refractivity contribution in [3.8, 4) is 11.5 Å². The summed E-state index contributed by atoms with van der Waals surface area (Å²) in [5.74, 6) is 0.353. The number of phenols is 1. The minimum Gasteiger partial charge on any atom is -0.504 e. The average Bonchev–Trinajstić information content (AvgIpc) is 2.36. The molecule has 0 amide bonds. The number of ether oxygens (including phenoxy) is 1. The lowest BCUT2D eigenvalue weighted by atomic mass is 10.2. The molecule has 0 bridgehead atoms. The summed E-state index contributed by atoms with van der Waals surface area (Å²) in [7, 11) is 0. The number of rotatable bonds is 2. The summed E-state index contributed by atoms with van der Waals surface area (Å²) in [5, 5.41) is 13.4. The van der Waals surface area contributed by atoms with Gasteiger partial charge in [-0.2, -0.15) is 0 Å². The van der Waals surface area contributed by atoms with Gasteiger partial charge in [-0.15, -0.1) is 0 Å². The molecule has 0 radical (unpaired) electrons. The number of aromatic hydroxyl groups is 1. The van der Waals surface area contributed by atoms with Crippen LogP contribution in [0.15, 0.2) is 42.5 Å². The van der Waals surface area contributed by atoms with Gasteiger partial charge < -0.3 is 15.2 Å². The lowest BCUT2D eigenvalue weighted by molar-refractivity contribution is 0.437. The van der Waals surface area contributed by atoms with E-state index in [1.807, 2.05) is 19.1 Å². The Hall–Kier alpha value is -1.78. The lowest BCUT2D eigenvalue weighted by Crippen LogP contribution is -2.17. The first kappa shape index (κ1) is 13.6. The molecular weight excluding hydrogens is 282 g/mol. The first-order valence-corrected chi connectivity index (χ1v) is 6.38. The van der Waals surface area contributed by atoms with Crippen LogP contribution in [0.5, 0.6) is 11.5 Å². The van der Waals surface area contributed by atoms with E-state index in [4.69, 9.17) is 28.6 Å². The molecule has 3 nitrogen and oxygen atoms in total. The van der Waals surface area contributed by atoms with Crippen molar-refractivity contribution in [3.05, 3.63) is 53.1 Å². The molecule has 0 aliphatic carbocycles. The first-order chi connectivity index (χ1) is 9.06. The van der Waals surface area contributed by atoms with Gasteiger partial charge in [0.05, 0.1) is 0 Å². The topological polar surface area (TPSA) is 41.5 Å². The normalized spacial score (nSPS) is 10.0. The van der Waals surface area contributed by atoms with E-state index in [-0.39, 0.29) is 10.9 Å². The number of thiocarbonyl (C=S) groups is 1. The zero-order chi connectivity index (χ0) is 13.8. The Bertz CT molecular complexity index is 616. The maximum Gasteiger partial charge on any atom is 0.266 e. The van der Waals surface area contributed by atoms with E-state index in [9.17, 15) is 5.11 Å². The highest BCUT2D eigenvalue weighted by Crippen LogP contribution is 2.25. The van der Waals surface area contributed by atoms with E-state index < -0.39 is 0 Å². The van der Waals surface area contributed by atoms with Gasteiger partial charge in [0.15, 0.2) is 11.5 Å². The zero-order valence-corrected chi connectivity index (χ0v) is 11.8. The summed E-state index contributed by atoms with van der Waals surface area (Å²) in [5.41, 5.74) is 1.76. The van der Waals surface area contributed by atoms with Gasteiger partial charge in [-0.1, -0.05) is 23.7 Å². The predicted molar refractivity (Wildman–Crippen MR) is 81.1 cm³/mol. The molecule has 0 fully saturated rings. The molecule has 0 aliphatic rings. The van der Waals surface area contributed by atoms with Gasteiger partial charge >= 0.3 is 0 Å². The van der Waals surface area contributed by atoms with Crippen LogP contribution in [-0.4, -0.2) is 10.3 Å². The molecule has 0 saturated heterocycles. The molecule has 2 rings (SSSR count). The Kier molecular flexibility index (Phi) is 4.24. The third-order valence-corrected chi connectivity index (χ3v) is 2.91.